The summed E-state index contributed by atoms with van der Waals surface area (Å²) < 4.78 is 11.3. The summed E-state index contributed by atoms with van der Waals surface area (Å²) >= 11 is 0. The molecule has 4 unspecified atom stereocenters. The highest BCUT2D eigenvalue weighted by Gasteiger charge is 2.41. The SMILES string of the molecule is C#Cc1ccc(C(C(=O)NC(Cc2ccccc2)C(=O)OC(C)(C)C)N(C(=O)C(NC(=O)OC(C)(C)C)C(C)C)C(C)CCC(C)C)cc1. The van der Waals surface area contributed by atoms with Crippen LogP contribution in [0.3, 0.4) is 0 Å². The number of ether oxygens (including phenoxy) is 2. The van der Waals surface area contributed by atoms with Gasteiger partial charge in [0.1, 0.15) is 29.3 Å². The Hall–Kier alpha value is -4.32. The number of benzene rings is 2. The minimum atomic E-state index is -1.18. The zero-order valence-electron chi connectivity index (χ0n) is 31.3. The quantitative estimate of drug-likeness (QED) is 0.165. The summed E-state index contributed by atoms with van der Waals surface area (Å²) in [5, 5.41) is 5.72. The number of alkyl carbamates (subject to hydrolysis) is 1. The first-order chi connectivity index (χ1) is 22.7. The van der Waals surface area contributed by atoms with E-state index in [-0.39, 0.29) is 12.3 Å². The van der Waals surface area contributed by atoms with Crippen LogP contribution < -0.4 is 10.6 Å². The highest BCUT2D eigenvalue weighted by atomic mass is 16.6. The highest BCUT2D eigenvalue weighted by molar-refractivity contribution is 5.94. The number of carbonyl (C=O) groups excluding carboxylic acids is 4. The molecule has 3 amide bonds. The van der Waals surface area contributed by atoms with Gasteiger partial charge in [-0.15, -0.1) is 6.42 Å². The molecule has 2 aromatic rings. The molecule has 0 saturated heterocycles. The number of terminal acetylenes is 1. The van der Waals surface area contributed by atoms with Crippen LogP contribution in [0.25, 0.3) is 0 Å². The molecule has 9 nitrogen and oxygen atoms in total. The van der Waals surface area contributed by atoms with E-state index < -0.39 is 59.2 Å². The topological polar surface area (TPSA) is 114 Å². The summed E-state index contributed by atoms with van der Waals surface area (Å²) in [5.74, 6) is 0.978. The Morgan fingerprint density at radius 2 is 1.37 bits per heavy atom. The van der Waals surface area contributed by atoms with E-state index >= 15 is 0 Å². The first kappa shape index (κ1) is 40.9. The van der Waals surface area contributed by atoms with E-state index in [1.807, 2.05) is 51.1 Å². The third-order valence-electron chi connectivity index (χ3n) is 7.71. The van der Waals surface area contributed by atoms with Gasteiger partial charge in [0.15, 0.2) is 0 Å². The number of carbonyl (C=O) groups is 4. The first-order valence-electron chi connectivity index (χ1n) is 17.2. The van der Waals surface area contributed by atoms with Crippen LogP contribution in [0.1, 0.15) is 112 Å². The number of nitrogens with one attached hydrogen (secondary N) is 2. The lowest BCUT2D eigenvalue weighted by atomic mass is 9.94. The van der Waals surface area contributed by atoms with Crippen molar-refractivity contribution in [3.05, 3.63) is 71.3 Å². The van der Waals surface area contributed by atoms with Crippen LogP contribution in [0.15, 0.2) is 54.6 Å². The minimum absolute atomic E-state index is 0.177. The Balaban J connectivity index is 2.72. The molecule has 0 aliphatic carbocycles. The standard InChI is InChI=1S/C40H57N3O6/c1-13-29-21-23-31(24-22-29)34(35(44)41-32(37(46)48-39(7,8)9)25-30-17-15-14-16-18-30)43(28(6)20-19-26(2)3)36(45)33(27(4)5)42-38(47)49-40(10,11)12/h1,14-18,21-24,26-28,32-34H,19-20,25H2,2-12H3,(H,41,44)(H,42,47). The third-order valence-corrected chi connectivity index (χ3v) is 7.71. The monoisotopic (exact) mass is 675 g/mol. The number of hydrogen-bond acceptors (Lipinski definition) is 6. The van der Waals surface area contributed by atoms with Gasteiger partial charge >= 0.3 is 12.1 Å². The fourth-order valence-electron chi connectivity index (χ4n) is 5.29. The average Bonchev–Trinajstić information content (AvgIpc) is 2.99. The van der Waals surface area contributed by atoms with Crippen LogP contribution in [-0.2, 0) is 30.3 Å². The van der Waals surface area contributed by atoms with Gasteiger partial charge < -0.3 is 25.0 Å². The Morgan fingerprint density at radius 1 is 0.796 bits per heavy atom. The Bertz CT molecular complexity index is 1430. The van der Waals surface area contributed by atoms with E-state index in [1.54, 1.807) is 70.7 Å². The molecule has 0 spiro atoms. The van der Waals surface area contributed by atoms with Crippen LogP contribution in [0.4, 0.5) is 4.79 Å². The van der Waals surface area contributed by atoms with Gasteiger partial charge in [0.25, 0.3) is 0 Å². The predicted molar refractivity (Wildman–Crippen MR) is 193 cm³/mol. The smallest absolute Gasteiger partial charge is 0.408 e. The summed E-state index contributed by atoms with van der Waals surface area (Å²) in [7, 11) is 0. The Morgan fingerprint density at radius 3 is 1.86 bits per heavy atom. The van der Waals surface area contributed by atoms with Gasteiger partial charge in [-0.05, 0) is 96.4 Å². The van der Waals surface area contributed by atoms with Crippen LogP contribution in [0.2, 0.25) is 0 Å². The van der Waals surface area contributed by atoms with Crippen molar-refractivity contribution in [2.24, 2.45) is 11.8 Å². The van der Waals surface area contributed by atoms with Crippen molar-refractivity contribution in [1.29, 1.82) is 0 Å². The maximum atomic E-state index is 14.8. The fraction of sp³-hybridized carbons (Fsp3) is 0.550. The molecule has 0 saturated carbocycles. The molecule has 0 aliphatic heterocycles. The highest BCUT2D eigenvalue weighted by Crippen LogP contribution is 2.29. The lowest BCUT2D eigenvalue weighted by molar-refractivity contribution is -0.159. The van der Waals surface area contributed by atoms with Crippen LogP contribution in [0.5, 0.6) is 0 Å². The van der Waals surface area contributed by atoms with Crippen molar-refractivity contribution in [1.82, 2.24) is 15.5 Å². The van der Waals surface area contributed by atoms with Gasteiger partial charge in [0.05, 0.1) is 0 Å². The number of esters is 1. The molecule has 2 aromatic carbocycles. The molecule has 4 atom stereocenters. The average molecular weight is 676 g/mol. The van der Waals surface area contributed by atoms with E-state index in [0.717, 1.165) is 12.0 Å². The zero-order valence-corrected chi connectivity index (χ0v) is 31.3. The second-order valence-electron chi connectivity index (χ2n) is 15.4. The molecule has 0 fully saturated rings. The summed E-state index contributed by atoms with van der Waals surface area (Å²) in [6.45, 7) is 20.3. The Labute approximate surface area is 293 Å². The van der Waals surface area contributed by atoms with Crippen molar-refractivity contribution >= 4 is 23.9 Å². The third kappa shape index (κ3) is 13.6. The molecule has 0 heterocycles. The van der Waals surface area contributed by atoms with Crippen molar-refractivity contribution in [2.75, 3.05) is 0 Å². The maximum absolute atomic E-state index is 14.8. The van der Waals surface area contributed by atoms with E-state index in [1.165, 1.54) is 0 Å². The van der Waals surface area contributed by atoms with Crippen molar-refractivity contribution in [3.63, 3.8) is 0 Å². The normalized spacial score (nSPS) is 14.2. The van der Waals surface area contributed by atoms with Crippen molar-refractivity contribution in [2.45, 2.75) is 131 Å². The fourth-order valence-corrected chi connectivity index (χ4v) is 5.29. The maximum Gasteiger partial charge on any atom is 0.408 e. The van der Waals surface area contributed by atoms with Gasteiger partial charge in [0.2, 0.25) is 11.8 Å². The minimum Gasteiger partial charge on any atom is -0.458 e. The zero-order chi connectivity index (χ0) is 37.1. The summed E-state index contributed by atoms with van der Waals surface area (Å²) in [6, 6.07) is 12.5. The Kier molecular flexibility index (Phi) is 14.9. The molecule has 2 rings (SSSR count). The van der Waals surface area contributed by atoms with E-state index in [9.17, 15) is 19.2 Å². The van der Waals surface area contributed by atoms with Gasteiger partial charge in [-0.25, -0.2) is 9.59 Å². The molecule has 0 radical (unpaired) electrons. The van der Waals surface area contributed by atoms with Crippen LogP contribution in [0, 0.1) is 24.2 Å². The van der Waals surface area contributed by atoms with Gasteiger partial charge in [0, 0.05) is 18.0 Å². The number of hydrogen-bond donors (Lipinski definition) is 2. The summed E-state index contributed by atoms with van der Waals surface area (Å²) in [6.07, 6.45) is 6.47. The second-order valence-corrected chi connectivity index (χ2v) is 15.4. The summed E-state index contributed by atoms with van der Waals surface area (Å²) in [4.78, 5) is 57.6. The van der Waals surface area contributed by atoms with Crippen molar-refractivity contribution < 1.29 is 28.7 Å². The van der Waals surface area contributed by atoms with Crippen molar-refractivity contribution in [3.8, 4) is 12.3 Å². The van der Waals surface area contributed by atoms with Crippen LogP contribution in [-0.4, -0.2) is 58.1 Å². The van der Waals surface area contributed by atoms with E-state index in [4.69, 9.17) is 15.9 Å². The van der Waals surface area contributed by atoms with E-state index in [0.29, 0.717) is 23.5 Å². The molecule has 2 N–H and O–H groups in total. The lowest BCUT2D eigenvalue weighted by Gasteiger charge is -2.40. The van der Waals surface area contributed by atoms with Gasteiger partial charge in [-0.3, -0.25) is 9.59 Å². The summed E-state index contributed by atoms with van der Waals surface area (Å²) in [5.41, 5.74) is 0.356. The molecular weight excluding hydrogens is 618 g/mol. The van der Waals surface area contributed by atoms with Gasteiger partial charge in [-0.2, -0.15) is 0 Å². The molecule has 268 valence electrons. The predicted octanol–water partition coefficient (Wildman–Crippen LogP) is 6.98. The molecule has 9 heteroatoms. The van der Waals surface area contributed by atoms with Gasteiger partial charge in [-0.1, -0.05) is 76.1 Å². The largest absolute Gasteiger partial charge is 0.458 e. The lowest BCUT2D eigenvalue weighted by Crippen LogP contribution is -2.58. The number of rotatable bonds is 14. The second kappa shape index (κ2) is 17.9. The molecule has 0 aromatic heterocycles. The van der Waals surface area contributed by atoms with E-state index in [2.05, 4.69) is 30.4 Å². The number of amides is 3. The van der Waals surface area contributed by atoms with Crippen LogP contribution >= 0.6 is 0 Å². The first-order valence-corrected chi connectivity index (χ1v) is 17.2. The molecular formula is C40H57N3O6. The molecule has 0 aliphatic rings. The number of nitrogens with zero attached hydrogens (tertiary/aromatic N) is 1. The molecule has 0 bridgehead atoms. The molecule has 49 heavy (non-hydrogen) atoms.